The minimum Gasteiger partial charge on any atom is -0.496 e. The molecule has 9 N–H and O–H groups in total. The fraction of sp³-hybridized carbons (Fsp3) is 0.120. The first-order chi connectivity index (χ1) is 50.2. The minimum absolute atomic E-state index is 0.0511. The lowest BCUT2D eigenvalue weighted by atomic mass is 10.2. The van der Waals surface area contributed by atoms with Gasteiger partial charge in [0.15, 0.2) is 0 Å². The number of fused-ring (bicyclic) bond motifs is 3. The van der Waals surface area contributed by atoms with E-state index >= 15 is 0 Å². The quantitative estimate of drug-likeness (QED) is 0.0242. The standard InChI is InChI=1S/C27H24FN7O2.C26H22FN7O.C22H22FN7O/c1-36-25-8-3-2-6-19(25)16-37-33-14-23-26(29)30-17-31-27(23)34-22-9-10-24-20(12-22)13-32-35(24)15-18-5-4-7-21(28)11-18;27-21-8-4-7-19(11-21)15-34-24-10-9-22(12-20(24)13-31-34)33-26-23(25(28)29-17-30-26)14-32-35-16-18-5-2-1-3-6-18;1-14(2)31-28-11-19-21(24)25-13-26-22(19)29-18-6-7-20-16(9-18)10-27-30(20)12-15-4-3-5-17(23)8-15/h2-14,17H,15-16H2,1H3,(H3,29,30,31,34);1-14,17H,15-16H2,(H3,28,29,30,33);3-11,13-14H,12H2,1-2H3,(H3,24,25,26,29)/b33-14+;32-14+;28-11+. The molecule has 0 aliphatic carbocycles. The molecule has 518 valence electrons. The number of oxime groups is 3. The Hall–Kier alpha value is -13.8. The van der Waals surface area contributed by atoms with Gasteiger partial charge in [0.1, 0.15) is 96.4 Å². The molecule has 0 spiro atoms. The van der Waals surface area contributed by atoms with Gasteiger partial charge in [0, 0.05) is 38.8 Å². The third kappa shape index (κ3) is 18.3. The predicted molar refractivity (Wildman–Crippen MR) is 393 cm³/mol. The molecular formula is C75H68F3N21O4. The number of nitrogens with one attached hydrogen (secondary N) is 3. The lowest BCUT2D eigenvalue weighted by Crippen LogP contribution is -2.06. The second-order valence-corrected chi connectivity index (χ2v) is 23.3. The summed E-state index contributed by atoms with van der Waals surface area (Å²) in [6, 6.07) is 54.2. The molecule has 6 heterocycles. The highest BCUT2D eigenvalue weighted by Gasteiger charge is 2.15. The number of ether oxygens (including phenoxy) is 1. The zero-order valence-corrected chi connectivity index (χ0v) is 55.8. The molecule has 0 unspecified atom stereocenters. The molecule has 8 aromatic carbocycles. The van der Waals surface area contributed by atoms with Crippen molar-refractivity contribution in [3.8, 4) is 5.75 Å². The van der Waals surface area contributed by atoms with Crippen molar-refractivity contribution in [2.24, 2.45) is 15.5 Å². The average Bonchev–Trinajstić information content (AvgIpc) is 1.72. The number of halogens is 3. The van der Waals surface area contributed by atoms with E-state index in [1.54, 1.807) is 43.9 Å². The van der Waals surface area contributed by atoms with Crippen molar-refractivity contribution in [2.75, 3.05) is 40.3 Å². The molecule has 6 aromatic heterocycles. The first-order valence-corrected chi connectivity index (χ1v) is 32.1. The molecule has 0 amide bonds. The number of hydrogen-bond donors (Lipinski definition) is 6. The zero-order chi connectivity index (χ0) is 71.4. The Balaban J connectivity index is 0.000000146. The Labute approximate surface area is 588 Å². The van der Waals surface area contributed by atoms with E-state index in [2.05, 4.69) is 76.6 Å². The molecule has 25 nitrogen and oxygen atoms in total. The third-order valence-corrected chi connectivity index (χ3v) is 15.6. The maximum Gasteiger partial charge on any atom is 0.145 e. The van der Waals surface area contributed by atoms with Crippen LogP contribution in [0.15, 0.2) is 235 Å². The molecule has 0 atom stereocenters. The van der Waals surface area contributed by atoms with Gasteiger partial charge in [-0.1, -0.05) is 100 Å². The molecule has 0 aliphatic heterocycles. The Morgan fingerprint density at radius 3 is 1.20 bits per heavy atom. The Bertz CT molecular complexity index is 5320. The maximum absolute atomic E-state index is 13.6. The number of methoxy groups -OCH3 is 1. The van der Waals surface area contributed by atoms with Crippen LogP contribution in [0.5, 0.6) is 5.75 Å². The second-order valence-electron chi connectivity index (χ2n) is 23.3. The van der Waals surface area contributed by atoms with E-state index in [0.717, 1.165) is 83.3 Å². The summed E-state index contributed by atoms with van der Waals surface area (Å²) < 4.78 is 51.4. The van der Waals surface area contributed by atoms with E-state index in [4.69, 9.17) is 36.5 Å². The summed E-state index contributed by atoms with van der Waals surface area (Å²) >= 11 is 0. The van der Waals surface area contributed by atoms with Gasteiger partial charge in [-0.3, -0.25) is 14.0 Å². The summed E-state index contributed by atoms with van der Waals surface area (Å²) in [6.07, 6.45) is 13.9. The molecule has 103 heavy (non-hydrogen) atoms. The van der Waals surface area contributed by atoms with Crippen LogP contribution in [0.3, 0.4) is 0 Å². The normalized spacial score (nSPS) is 11.3. The van der Waals surface area contributed by atoms with Crippen molar-refractivity contribution in [1.82, 2.24) is 59.2 Å². The van der Waals surface area contributed by atoms with Gasteiger partial charge in [0.2, 0.25) is 0 Å². The topological polar surface area (TPSA) is 319 Å². The van der Waals surface area contributed by atoms with Crippen LogP contribution < -0.4 is 37.9 Å². The van der Waals surface area contributed by atoms with Gasteiger partial charge in [-0.05, 0) is 133 Å². The summed E-state index contributed by atoms with van der Waals surface area (Å²) in [6.45, 7) is 5.74. The maximum atomic E-state index is 13.6. The van der Waals surface area contributed by atoms with Crippen LogP contribution in [0.25, 0.3) is 32.7 Å². The van der Waals surface area contributed by atoms with Crippen molar-refractivity contribution in [1.29, 1.82) is 0 Å². The number of anilines is 9. The fourth-order valence-electron chi connectivity index (χ4n) is 10.6. The van der Waals surface area contributed by atoms with E-state index in [-0.39, 0.29) is 47.6 Å². The van der Waals surface area contributed by atoms with Gasteiger partial charge in [-0.15, -0.1) is 0 Å². The summed E-state index contributed by atoms with van der Waals surface area (Å²) in [5, 5.41) is 37.9. The van der Waals surface area contributed by atoms with Gasteiger partial charge >= 0.3 is 0 Å². The lowest BCUT2D eigenvalue weighted by molar-refractivity contribution is 0.0874. The van der Waals surface area contributed by atoms with Crippen LogP contribution in [0, 0.1) is 17.5 Å². The summed E-state index contributed by atoms with van der Waals surface area (Å²) in [7, 11) is 1.61. The van der Waals surface area contributed by atoms with Crippen molar-refractivity contribution in [3.05, 3.63) is 282 Å². The Kier molecular flexibility index (Phi) is 22.3. The number of benzene rings is 8. The first-order valence-electron chi connectivity index (χ1n) is 32.1. The number of nitrogens with two attached hydrogens (primary N) is 3. The highest BCUT2D eigenvalue weighted by atomic mass is 19.1. The van der Waals surface area contributed by atoms with E-state index in [1.807, 2.05) is 155 Å². The minimum atomic E-state index is -0.269. The van der Waals surface area contributed by atoms with Crippen LogP contribution >= 0.6 is 0 Å². The summed E-state index contributed by atoms with van der Waals surface area (Å²) in [5.41, 5.74) is 29.2. The van der Waals surface area contributed by atoms with E-state index in [1.165, 1.54) is 74.0 Å². The molecule has 0 aliphatic rings. The van der Waals surface area contributed by atoms with Crippen molar-refractivity contribution in [2.45, 2.75) is 52.8 Å². The van der Waals surface area contributed by atoms with Crippen molar-refractivity contribution < 1.29 is 32.4 Å². The molecule has 0 radical (unpaired) electrons. The molecule has 14 aromatic rings. The summed E-state index contributed by atoms with van der Waals surface area (Å²) in [5.74, 6) is 2.23. The van der Waals surface area contributed by atoms with Gasteiger partial charge in [-0.25, -0.2) is 43.1 Å². The monoisotopic (exact) mass is 1380 g/mol. The molecule has 0 saturated heterocycles. The largest absolute Gasteiger partial charge is 0.496 e. The van der Waals surface area contributed by atoms with Crippen LogP contribution in [0.2, 0.25) is 0 Å². The van der Waals surface area contributed by atoms with Crippen LogP contribution in [0.4, 0.5) is 65.1 Å². The number of aromatic nitrogens is 12. The second kappa shape index (κ2) is 33.2. The van der Waals surface area contributed by atoms with Crippen LogP contribution in [0.1, 0.15) is 58.4 Å². The van der Waals surface area contributed by atoms with Crippen LogP contribution in [-0.2, 0) is 47.4 Å². The predicted octanol–water partition coefficient (Wildman–Crippen LogP) is 13.9. The highest BCUT2D eigenvalue weighted by Crippen LogP contribution is 2.29. The first kappa shape index (κ1) is 69.1. The lowest BCUT2D eigenvalue weighted by Gasteiger charge is -2.10. The Morgan fingerprint density at radius 1 is 0.427 bits per heavy atom. The molecule has 0 bridgehead atoms. The number of nitrogen functional groups attached to an aromatic ring is 3. The van der Waals surface area contributed by atoms with Crippen molar-refractivity contribution in [3.63, 3.8) is 0 Å². The molecule has 0 fully saturated rings. The molecule has 0 saturated carbocycles. The third-order valence-electron chi connectivity index (χ3n) is 15.6. The van der Waals surface area contributed by atoms with Gasteiger partial charge in [0.25, 0.3) is 0 Å². The Morgan fingerprint density at radius 2 is 0.806 bits per heavy atom. The highest BCUT2D eigenvalue weighted by molar-refractivity contribution is 5.95. The van der Waals surface area contributed by atoms with Crippen molar-refractivity contribution >= 4 is 103 Å². The van der Waals surface area contributed by atoms with Gasteiger partial charge < -0.3 is 52.4 Å². The number of rotatable bonds is 24. The van der Waals surface area contributed by atoms with E-state index in [0.29, 0.717) is 60.4 Å². The molecule has 14 rings (SSSR count). The molecular weight excluding hydrogens is 1320 g/mol. The molecule has 28 heteroatoms. The summed E-state index contributed by atoms with van der Waals surface area (Å²) in [4.78, 5) is 41.1. The van der Waals surface area contributed by atoms with E-state index < -0.39 is 0 Å². The fourth-order valence-corrected chi connectivity index (χ4v) is 10.6. The smallest absolute Gasteiger partial charge is 0.145 e. The van der Waals surface area contributed by atoms with E-state index in [9.17, 15) is 13.2 Å². The number of hydrogen-bond acceptors (Lipinski definition) is 22. The van der Waals surface area contributed by atoms with Crippen LogP contribution in [-0.4, -0.2) is 91.1 Å². The number of para-hydroxylation sites is 1. The zero-order valence-electron chi connectivity index (χ0n) is 55.8. The van der Waals surface area contributed by atoms with Gasteiger partial charge in [-0.2, -0.15) is 15.3 Å². The number of nitrogens with zero attached hydrogens (tertiary/aromatic N) is 15. The average molecular weight is 1380 g/mol. The SMILES string of the molecule is CC(C)O/N=C/c1c(N)ncnc1Nc1ccc2c(cnn2Cc2cccc(F)c2)c1.COc1ccccc1CO/N=C/c1c(N)ncnc1Nc1ccc2c(cnn2Cc2cccc(F)c2)c1.Nc1ncnc(Nc2ccc3c(cnn3Cc3cccc(F)c3)c2)c1/C=N/OCc1ccccc1. The van der Waals surface area contributed by atoms with Gasteiger partial charge in [0.05, 0.1) is 97.2 Å².